The Kier molecular flexibility index (Phi) is 28.3. The van der Waals surface area contributed by atoms with E-state index in [0.717, 1.165) is 6.92 Å². The molecule has 0 unspecified atom stereocenters. The number of hydrogen-bond acceptors (Lipinski definition) is 30. The van der Waals surface area contributed by atoms with Gasteiger partial charge in [-0.05, 0) is 112 Å². The van der Waals surface area contributed by atoms with Crippen molar-refractivity contribution in [3.63, 3.8) is 0 Å². The number of carbonyl (C=O) groups excluding carboxylic acids is 11. The number of Topliss-reactive ketones (excluding diaryl/α,β-unsaturated/α-hetero) is 1. The van der Waals surface area contributed by atoms with E-state index in [0.29, 0.717) is 39.7 Å². The molecular formula is C81H92N10O24SSi2. The van der Waals surface area contributed by atoms with Gasteiger partial charge in [0.2, 0.25) is 11.9 Å². The second-order valence-corrected chi connectivity index (χ2v) is 40.3. The van der Waals surface area contributed by atoms with Crippen molar-refractivity contribution >= 4 is 117 Å². The number of aliphatic hydroxyl groups excluding tert-OH is 1. The fraction of sp³-hybridized carbons (Fsp3) is 0.407. The predicted octanol–water partition coefficient (Wildman–Crippen LogP) is 6.83. The van der Waals surface area contributed by atoms with Gasteiger partial charge in [-0.15, -0.1) is 0 Å². The number of ether oxygens (including phenoxy) is 6. The molecule has 1 saturated heterocycles. The topological polar surface area (TPSA) is 502 Å². The number of carboxylic acids is 1. The SMILES string of the molecule is CC(=O)O[C@@]12CO[C@@H]1C[C@H](OC(=O)C/C=C/[Si](C)(C)O[Si](C)(C)CSc1ncc(CNC(=O)CCCNC(=O)c3ccc(NCc4cnc5nc(N)[nH]c(=O)c5n4)cc3)o1)[C@@]1(C)C(=O)[C@H](OC(=O)CCC(=O)O)C3=C(C)[C@@H](OC(=O)[C@H](O)[C@@H](NC(=O)c4ccccc4)c4ccccc4)C[C@@](O)([C@@H](OC(=O)c4ccccc4)[C@H]21)C3(C)C.O=C=O. The Bertz CT molecular complexity index is 5070. The monoisotopic (exact) mass is 1680 g/mol. The van der Waals surface area contributed by atoms with E-state index in [2.05, 4.69) is 46.2 Å². The lowest BCUT2D eigenvalue weighted by Crippen LogP contribution is -2.82. The Morgan fingerprint density at radius 2 is 1.44 bits per heavy atom. The van der Waals surface area contributed by atoms with E-state index in [1.54, 1.807) is 103 Å². The molecule has 0 radical (unpaired) electrons. The van der Waals surface area contributed by atoms with Gasteiger partial charge >= 0.3 is 42.0 Å². The van der Waals surface area contributed by atoms with Crippen molar-refractivity contribution in [3.8, 4) is 0 Å². The highest BCUT2D eigenvalue weighted by atomic mass is 32.2. The number of nitrogen functional groups attached to an aromatic ring is 1. The second kappa shape index (κ2) is 37.7. The number of aromatic amines is 1. The summed E-state index contributed by atoms with van der Waals surface area (Å²) >= 11 is 1.33. The third kappa shape index (κ3) is 20.6. The summed E-state index contributed by atoms with van der Waals surface area (Å²) in [6.45, 7) is 14.8. The zero-order valence-electron chi connectivity index (χ0n) is 66.1. The standard InChI is InChI=1S/C80H92N10O22SSi2.CO2/c1-45-54(107-74(103)64(97)62(47-21-13-10-14-22-47)88-71(100)48-23-15-11-16-24-48)38-80(104)68(110-73(102)50-25-17-12-18-26-50)66-78(5,67(98)65(61(45)77(80,3)4)109-60(96)34-33-58(93)94)55(37-56-79(66,43-105-56)111-46(2)91)108-59(95)28-20-36-114(6,7)112-115(8,9)44-113-76-86-42-53(106-76)41-84-57(92)27-19-35-82-70(99)49-29-31-51(32-30-49)83-39-52-40-85-69-63(87-52)72(101)90-75(81)89-69;2-1-3/h10-18,20-26,29-32,36,40,42,54-56,62,64-66,68,83,97,104H,19,27-28,33-35,37-39,41,43-44H2,1-9H3,(H,82,99)(H,84,92)(H,88,100)(H,93,94)(H3,81,85,89,90,101);/b36-20+;/t54-,55-,56+,62-,64+,65+,66-,68-,78+,79-,80+;/m0./s1. The summed E-state index contributed by atoms with van der Waals surface area (Å²) in [6, 6.07) is 29.0. The zero-order valence-corrected chi connectivity index (χ0v) is 68.9. The number of benzene rings is 4. The average molecular weight is 1680 g/mol. The molecule has 4 heterocycles. The number of ketones is 1. The number of fused-ring (bicyclic) bond motifs is 6. The Morgan fingerprint density at radius 3 is 2.08 bits per heavy atom. The summed E-state index contributed by atoms with van der Waals surface area (Å²) in [5.74, 6) is -10.5. The first-order valence-corrected chi connectivity index (χ1v) is 44.8. The van der Waals surface area contributed by atoms with Crippen LogP contribution in [0.2, 0.25) is 26.2 Å². The maximum absolute atomic E-state index is 16.8. The number of nitrogens with one attached hydrogen (secondary N) is 5. The summed E-state index contributed by atoms with van der Waals surface area (Å²) in [5.41, 5.74) is -0.0193. The number of carbonyl (C=O) groups is 10. The molecule has 10 N–H and O–H groups in total. The third-order valence-electron chi connectivity index (χ3n) is 21.1. The van der Waals surface area contributed by atoms with Gasteiger partial charge in [0.05, 0.1) is 80.0 Å². The van der Waals surface area contributed by atoms with Crippen LogP contribution in [0.3, 0.4) is 0 Å². The average Bonchev–Trinajstić information content (AvgIpc) is 0.737. The molecule has 2 saturated carbocycles. The number of oxazole rings is 1. The van der Waals surface area contributed by atoms with Crippen molar-refractivity contribution < 1.29 is 110 Å². The lowest BCUT2D eigenvalue weighted by molar-refractivity contribution is -0.346. The first-order chi connectivity index (χ1) is 55.9. The molecule has 2 bridgehead atoms. The van der Waals surface area contributed by atoms with Crippen LogP contribution in [0.1, 0.15) is 134 Å². The van der Waals surface area contributed by atoms with Crippen LogP contribution in [0.25, 0.3) is 11.2 Å². The van der Waals surface area contributed by atoms with Crippen LogP contribution < -0.4 is 32.6 Å². The Hall–Kier alpha value is -11.7. The number of nitrogens with two attached hydrogens (primary N) is 1. The molecule has 4 aliphatic rings. The molecule has 624 valence electrons. The molecule has 4 aromatic carbocycles. The minimum absolute atomic E-state index is 0.00327. The summed E-state index contributed by atoms with van der Waals surface area (Å²) in [4.78, 5) is 189. The molecule has 7 aromatic rings. The number of aromatic nitrogens is 5. The fourth-order valence-electron chi connectivity index (χ4n) is 15.5. The number of amides is 3. The lowest BCUT2D eigenvalue weighted by atomic mass is 9.44. The van der Waals surface area contributed by atoms with Crippen molar-refractivity contribution in [2.24, 2.45) is 16.7 Å². The number of H-pyrrole nitrogens is 1. The molecule has 3 amide bonds. The van der Waals surface area contributed by atoms with Crippen molar-refractivity contribution in [2.45, 2.75) is 178 Å². The second-order valence-electron chi connectivity index (χ2n) is 30.7. The van der Waals surface area contributed by atoms with Crippen LogP contribution in [0.5, 0.6) is 0 Å². The van der Waals surface area contributed by atoms with Crippen molar-refractivity contribution in [3.05, 3.63) is 195 Å². The summed E-state index contributed by atoms with van der Waals surface area (Å²) in [6.07, 6.45) is -8.66. The zero-order chi connectivity index (χ0) is 85.7. The molecule has 3 fully saturated rings. The molecular weight excluding hydrogens is 1590 g/mol. The van der Waals surface area contributed by atoms with Crippen LogP contribution in [0.15, 0.2) is 165 Å². The Morgan fingerprint density at radius 1 is 0.788 bits per heavy atom. The summed E-state index contributed by atoms with van der Waals surface area (Å²) in [5, 5.41) is 48.7. The van der Waals surface area contributed by atoms with Gasteiger partial charge in [0.15, 0.2) is 51.4 Å². The number of rotatable bonds is 32. The third-order valence-corrected chi connectivity index (χ3v) is 30.2. The van der Waals surface area contributed by atoms with Crippen LogP contribution in [-0.4, -0.2) is 189 Å². The molecule has 34 nitrogen and oxygen atoms in total. The van der Waals surface area contributed by atoms with Gasteiger partial charge in [0.25, 0.3) is 22.6 Å². The normalized spacial score (nSPS) is 22.2. The van der Waals surface area contributed by atoms with Gasteiger partial charge in [-0.3, -0.25) is 48.1 Å². The number of thioether (sulfide) groups is 1. The van der Waals surface area contributed by atoms with Gasteiger partial charge in [-0.2, -0.15) is 14.6 Å². The smallest absolute Gasteiger partial charge is 0.373 e. The van der Waals surface area contributed by atoms with Crippen LogP contribution in [0, 0.1) is 16.7 Å². The summed E-state index contributed by atoms with van der Waals surface area (Å²) < 4.78 is 50.9. The van der Waals surface area contributed by atoms with Crippen LogP contribution >= 0.6 is 11.8 Å². The molecule has 3 aromatic heterocycles. The molecule has 11 atom stereocenters. The van der Waals surface area contributed by atoms with Gasteiger partial charge in [-0.25, -0.2) is 24.5 Å². The van der Waals surface area contributed by atoms with Gasteiger partial charge < -0.3 is 79.3 Å². The minimum atomic E-state index is -2.81. The van der Waals surface area contributed by atoms with Gasteiger partial charge in [0, 0.05) is 60.3 Å². The summed E-state index contributed by atoms with van der Waals surface area (Å²) in [7, 11) is -5.39. The van der Waals surface area contributed by atoms with E-state index >= 15 is 9.59 Å². The van der Waals surface area contributed by atoms with E-state index in [1.165, 1.54) is 76.1 Å². The fourth-order valence-corrected chi connectivity index (χ4v) is 25.1. The number of esters is 5. The molecule has 118 heavy (non-hydrogen) atoms. The predicted molar refractivity (Wildman–Crippen MR) is 424 cm³/mol. The number of hydrogen-bond donors (Lipinski definition) is 9. The van der Waals surface area contributed by atoms with Gasteiger partial charge in [0.1, 0.15) is 35.8 Å². The van der Waals surface area contributed by atoms with E-state index in [4.69, 9.17) is 52.3 Å². The molecule has 37 heteroatoms. The molecule has 11 rings (SSSR count). The largest absolute Gasteiger partial charge is 0.481 e. The maximum atomic E-state index is 16.8. The first-order valence-electron chi connectivity index (χ1n) is 37.7. The highest BCUT2D eigenvalue weighted by Gasteiger charge is 2.79. The number of aliphatic hydroxyl groups is 2. The molecule has 0 spiro atoms. The van der Waals surface area contributed by atoms with Crippen LogP contribution in [0.4, 0.5) is 11.6 Å². The molecule has 3 aliphatic carbocycles. The van der Waals surface area contributed by atoms with E-state index in [1.807, 2.05) is 26.2 Å². The van der Waals surface area contributed by atoms with Crippen molar-refractivity contribution in [2.75, 3.05) is 29.6 Å². The first kappa shape index (κ1) is 88.7. The number of anilines is 2. The highest BCUT2D eigenvalue weighted by molar-refractivity contribution is 8.00. The van der Waals surface area contributed by atoms with E-state index in [-0.39, 0.29) is 95.4 Å². The number of carboxylic acid groups (broad SMARTS) is 1. The van der Waals surface area contributed by atoms with Gasteiger partial charge in [-0.1, -0.05) is 104 Å². The van der Waals surface area contributed by atoms with E-state index < -0.39 is 173 Å². The van der Waals surface area contributed by atoms with Crippen LogP contribution in [-0.2, 0) is 88.8 Å². The lowest BCUT2D eigenvalue weighted by Gasteiger charge is -2.67. The van der Waals surface area contributed by atoms with Crippen molar-refractivity contribution in [1.29, 1.82) is 0 Å². The Balaban J connectivity index is 0.00000481. The molecule has 1 aliphatic heterocycles. The minimum Gasteiger partial charge on any atom is -0.481 e. The quantitative estimate of drug-likeness (QED) is 0.00521. The van der Waals surface area contributed by atoms with Crippen molar-refractivity contribution in [1.82, 2.24) is 40.9 Å². The van der Waals surface area contributed by atoms with E-state index in [9.17, 15) is 58.5 Å². The maximum Gasteiger partial charge on any atom is 0.373 e. The number of nitrogens with zero attached hydrogens (tertiary/aromatic N) is 4. The number of aliphatic carboxylic acids is 1. The Labute approximate surface area is 682 Å². The highest BCUT2D eigenvalue weighted by Crippen LogP contribution is 2.65.